The Morgan fingerprint density at radius 3 is 2.75 bits per heavy atom. The lowest BCUT2D eigenvalue weighted by atomic mass is 9.91. The van der Waals surface area contributed by atoms with E-state index >= 15 is 0 Å². The van der Waals surface area contributed by atoms with Crippen molar-refractivity contribution in [3.63, 3.8) is 0 Å². The van der Waals surface area contributed by atoms with E-state index in [0.29, 0.717) is 18.3 Å². The molecule has 5 nitrogen and oxygen atoms in total. The molecular formula is C15H26N4O. The smallest absolute Gasteiger partial charge is 0.293 e. The summed E-state index contributed by atoms with van der Waals surface area (Å²) in [6, 6.07) is 0.208. The molecule has 1 aliphatic rings. The van der Waals surface area contributed by atoms with Crippen LogP contribution in [-0.4, -0.2) is 28.7 Å². The van der Waals surface area contributed by atoms with Gasteiger partial charge in [-0.15, -0.1) is 0 Å². The third-order valence-corrected chi connectivity index (χ3v) is 4.17. The molecule has 2 unspecified atom stereocenters. The molecule has 20 heavy (non-hydrogen) atoms. The molecule has 0 bridgehead atoms. The molecule has 112 valence electrons. The van der Waals surface area contributed by atoms with Gasteiger partial charge < -0.3 is 15.2 Å². The Bertz CT molecular complexity index is 517. The van der Waals surface area contributed by atoms with Crippen LogP contribution < -0.4 is 16.2 Å². The lowest BCUT2D eigenvalue weighted by molar-refractivity contribution is 0.342. The highest BCUT2D eigenvalue weighted by atomic mass is 16.1. The molecule has 2 N–H and O–H groups in total. The molecule has 1 aliphatic heterocycles. The predicted octanol–water partition coefficient (Wildman–Crippen LogP) is 1.56. The second-order valence-electron chi connectivity index (χ2n) is 6.71. The number of rotatable bonds is 2. The van der Waals surface area contributed by atoms with Gasteiger partial charge in [0.05, 0.1) is 0 Å². The highest BCUT2D eigenvalue weighted by Gasteiger charge is 2.30. The molecule has 1 saturated heterocycles. The van der Waals surface area contributed by atoms with E-state index < -0.39 is 0 Å². The molecule has 1 aromatic rings. The molecule has 0 aromatic carbocycles. The van der Waals surface area contributed by atoms with Gasteiger partial charge in [-0.05, 0) is 39.5 Å². The van der Waals surface area contributed by atoms with E-state index in [4.69, 9.17) is 5.73 Å². The number of hydrogen-bond donors (Lipinski definition) is 1. The molecule has 0 aliphatic carbocycles. The number of hydrogen-bond acceptors (Lipinski definition) is 4. The monoisotopic (exact) mass is 278 g/mol. The molecule has 2 atom stereocenters. The predicted molar refractivity (Wildman–Crippen MR) is 82.1 cm³/mol. The minimum Gasteiger partial charge on any atom is -0.348 e. The van der Waals surface area contributed by atoms with Crippen LogP contribution in [0.2, 0.25) is 0 Å². The molecular weight excluding hydrogens is 252 g/mol. The standard InChI is InChI=1S/C15H26N4O/c1-11-6-5-8-18(12(11)10-16)13-14(20)19(9-7-17-13)15(2,3)4/h7,9,11-12H,5-6,8,10,16H2,1-4H3. The van der Waals surface area contributed by atoms with Crippen molar-refractivity contribution in [3.05, 3.63) is 22.7 Å². The molecule has 1 fully saturated rings. The summed E-state index contributed by atoms with van der Waals surface area (Å²) >= 11 is 0. The van der Waals surface area contributed by atoms with Crippen LogP contribution in [-0.2, 0) is 5.54 Å². The summed E-state index contributed by atoms with van der Waals surface area (Å²) in [7, 11) is 0. The molecule has 5 heteroatoms. The molecule has 1 aromatic heterocycles. The molecule has 2 rings (SSSR count). The zero-order valence-corrected chi connectivity index (χ0v) is 13.0. The molecule has 0 spiro atoms. The van der Waals surface area contributed by atoms with Crippen LogP contribution in [0.3, 0.4) is 0 Å². The van der Waals surface area contributed by atoms with Crippen LogP contribution in [0.5, 0.6) is 0 Å². The number of nitrogens with zero attached hydrogens (tertiary/aromatic N) is 3. The first-order valence-electron chi connectivity index (χ1n) is 7.41. The van der Waals surface area contributed by atoms with Crippen LogP contribution >= 0.6 is 0 Å². The molecule has 0 saturated carbocycles. The van der Waals surface area contributed by atoms with Gasteiger partial charge >= 0.3 is 0 Å². The Morgan fingerprint density at radius 1 is 1.45 bits per heavy atom. The van der Waals surface area contributed by atoms with Gasteiger partial charge in [-0.25, -0.2) is 4.98 Å². The minimum atomic E-state index is -0.242. The third kappa shape index (κ3) is 2.73. The van der Waals surface area contributed by atoms with Gasteiger partial charge in [0.15, 0.2) is 5.82 Å². The maximum atomic E-state index is 12.7. The quantitative estimate of drug-likeness (QED) is 0.891. The minimum absolute atomic E-state index is 0.0208. The van der Waals surface area contributed by atoms with Gasteiger partial charge in [0.25, 0.3) is 5.56 Å². The first kappa shape index (κ1) is 15.0. The summed E-state index contributed by atoms with van der Waals surface area (Å²) in [6.45, 7) is 9.70. The molecule has 0 radical (unpaired) electrons. The van der Waals surface area contributed by atoms with E-state index in [1.165, 1.54) is 6.42 Å². The van der Waals surface area contributed by atoms with E-state index in [-0.39, 0.29) is 17.1 Å². The van der Waals surface area contributed by atoms with Crippen LogP contribution in [0, 0.1) is 5.92 Å². The number of anilines is 1. The maximum Gasteiger partial charge on any atom is 0.293 e. The largest absolute Gasteiger partial charge is 0.348 e. The van der Waals surface area contributed by atoms with Crippen molar-refractivity contribution in [2.24, 2.45) is 11.7 Å². The van der Waals surface area contributed by atoms with E-state index in [0.717, 1.165) is 13.0 Å². The Morgan fingerprint density at radius 2 is 2.15 bits per heavy atom. The van der Waals surface area contributed by atoms with Crippen molar-refractivity contribution in [2.75, 3.05) is 18.0 Å². The molecule has 0 amide bonds. The normalized spacial score (nSPS) is 23.9. The first-order valence-corrected chi connectivity index (χ1v) is 7.41. The number of nitrogens with two attached hydrogens (primary N) is 1. The Hall–Kier alpha value is -1.36. The zero-order chi connectivity index (χ0) is 14.9. The fourth-order valence-corrected chi connectivity index (χ4v) is 3.00. The van der Waals surface area contributed by atoms with Crippen LogP contribution in [0.1, 0.15) is 40.5 Å². The van der Waals surface area contributed by atoms with Crippen LogP contribution in [0.4, 0.5) is 5.82 Å². The van der Waals surface area contributed by atoms with Crippen molar-refractivity contribution in [1.29, 1.82) is 0 Å². The van der Waals surface area contributed by atoms with Crippen molar-refractivity contribution in [2.45, 2.75) is 52.1 Å². The average Bonchev–Trinajstić information content (AvgIpc) is 2.37. The Balaban J connectivity index is 2.45. The summed E-state index contributed by atoms with van der Waals surface area (Å²) in [5.41, 5.74) is 5.65. The molecule has 2 heterocycles. The van der Waals surface area contributed by atoms with E-state index in [2.05, 4.69) is 16.8 Å². The summed E-state index contributed by atoms with van der Waals surface area (Å²) in [5.74, 6) is 1.04. The first-order chi connectivity index (χ1) is 9.36. The van der Waals surface area contributed by atoms with Gasteiger partial charge in [0, 0.05) is 37.1 Å². The summed E-state index contributed by atoms with van der Waals surface area (Å²) < 4.78 is 1.75. The lowest BCUT2D eigenvalue weighted by Gasteiger charge is -2.40. The van der Waals surface area contributed by atoms with Gasteiger partial charge in [0.2, 0.25) is 0 Å². The Labute approximate surface area is 120 Å². The fourth-order valence-electron chi connectivity index (χ4n) is 3.00. The topological polar surface area (TPSA) is 64.2 Å². The number of aromatic nitrogens is 2. The summed E-state index contributed by atoms with van der Waals surface area (Å²) in [6.07, 6.45) is 5.73. The van der Waals surface area contributed by atoms with Crippen molar-refractivity contribution >= 4 is 5.82 Å². The van der Waals surface area contributed by atoms with Crippen molar-refractivity contribution in [1.82, 2.24) is 9.55 Å². The second-order valence-corrected chi connectivity index (χ2v) is 6.71. The van der Waals surface area contributed by atoms with Crippen LogP contribution in [0.25, 0.3) is 0 Å². The SMILES string of the molecule is CC1CCCN(c2nccn(C(C)(C)C)c2=O)C1CN. The number of piperidine rings is 1. The fraction of sp³-hybridized carbons (Fsp3) is 0.733. The van der Waals surface area contributed by atoms with E-state index in [1.54, 1.807) is 17.0 Å². The van der Waals surface area contributed by atoms with E-state index in [1.807, 2.05) is 20.8 Å². The average molecular weight is 278 g/mol. The van der Waals surface area contributed by atoms with Gasteiger partial charge in [-0.3, -0.25) is 4.79 Å². The van der Waals surface area contributed by atoms with Crippen molar-refractivity contribution < 1.29 is 0 Å². The highest BCUT2D eigenvalue weighted by molar-refractivity contribution is 5.38. The third-order valence-electron chi connectivity index (χ3n) is 4.17. The Kier molecular flexibility index (Phi) is 4.18. The lowest BCUT2D eigenvalue weighted by Crippen LogP contribution is -2.51. The maximum absolute atomic E-state index is 12.7. The summed E-state index contributed by atoms with van der Waals surface area (Å²) in [5, 5.41) is 0. The van der Waals surface area contributed by atoms with Crippen molar-refractivity contribution in [3.8, 4) is 0 Å². The second kappa shape index (κ2) is 5.56. The summed E-state index contributed by atoms with van der Waals surface area (Å²) in [4.78, 5) is 19.2. The highest BCUT2D eigenvalue weighted by Crippen LogP contribution is 2.25. The van der Waals surface area contributed by atoms with E-state index in [9.17, 15) is 4.79 Å². The van der Waals surface area contributed by atoms with Gasteiger partial charge in [-0.2, -0.15) is 0 Å². The van der Waals surface area contributed by atoms with Crippen LogP contribution in [0.15, 0.2) is 17.2 Å². The zero-order valence-electron chi connectivity index (χ0n) is 13.0. The van der Waals surface area contributed by atoms with Gasteiger partial charge in [-0.1, -0.05) is 6.92 Å². The van der Waals surface area contributed by atoms with Gasteiger partial charge in [0.1, 0.15) is 0 Å².